The third-order valence-electron chi connectivity index (χ3n) is 3.06. The molecule has 2 aliphatic rings. The van der Waals surface area contributed by atoms with E-state index in [-0.39, 0.29) is 17.7 Å². The molecule has 5 heteroatoms. The molecule has 0 atom stereocenters. The molecule has 1 aliphatic carbocycles. The molecular weight excluding hydrogens is 232 g/mol. The van der Waals surface area contributed by atoms with Crippen molar-refractivity contribution in [3.05, 3.63) is 18.2 Å². The van der Waals surface area contributed by atoms with Crippen molar-refractivity contribution < 1.29 is 14.3 Å². The van der Waals surface area contributed by atoms with Gasteiger partial charge in [-0.15, -0.1) is 0 Å². The molecule has 1 aromatic rings. The molecule has 3 rings (SSSR count). The van der Waals surface area contributed by atoms with E-state index >= 15 is 0 Å². The predicted octanol–water partition coefficient (Wildman–Crippen LogP) is 1.76. The summed E-state index contributed by atoms with van der Waals surface area (Å²) in [6.07, 6.45) is 2.28. The molecule has 0 saturated heterocycles. The summed E-state index contributed by atoms with van der Waals surface area (Å²) in [5.41, 5.74) is 1.31. The van der Waals surface area contributed by atoms with Gasteiger partial charge in [0.25, 0.3) is 0 Å². The lowest BCUT2D eigenvalue weighted by atomic mass is 10.2. The van der Waals surface area contributed by atoms with Crippen LogP contribution in [0.1, 0.15) is 19.3 Å². The standard InChI is InChI=1S/C13H14N2O3/c16-12-5-6-18-11-4-3-9(7-10(11)15-12)14-13(17)8-1-2-8/h3-4,7-8H,1-2,5-6H2,(H,14,17)(H,15,16). The second-order valence-electron chi connectivity index (χ2n) is 4.62. The van der Waals surface area contributed by atoms with Crippen molar-refractivity contribution in [3.63, 3.8) is 0 Å². The summed E-state index contributed by atoms with van der Waals surface area (Å²) in [5, 5.41) is 5.61. The summed E-state index contributed by atoms with van der Waals surface area (Å²) in [6.45, 7) is 0.382. The van der Waals surface area contributed by atoms with E-state index in [1.54, 1.807) is 18.2 Å². The minimum absolute atomic E-state index is 0.0517. The number of hydrogen-bond acceptors (Lipinski definition) is 3. The first-order chi connectivity index (χ1) is 8.72. The Kier molecular flexibility index (Phi) is 2.66. The number of anilines is 2. The summed E-state index contributed by atoms with van der Waals surface area (Å²) in [6, 6.07) is 5.29. The highest BCUT2D eigenvalue weighted by Gasteiger charge is 2.29. The second kappa shape index (κ2) is 4.33. The van der Waals surface area contributed by atoms with Crippen molar-refractivity contribution in [2.75, 3.05) is 17.2 Å². The predicted molar refractivity (Wildman–Crippen MR) is 66.5 cm³/mol. The van der Waals surface area contributed by atoms with Crippen molar-refractivity contribution in [2.45, 2.75) is 19.3 Å². The molecule has 18 heavy (non-hydrogen) atoms. The number of nitrogens with one attached hydrogen (secondary N) is 2. The van der Waals surface area contributed by atoms with Crippen molar-refractivity contribution in [3.8, 4) is 5.75 Å². The minimum Gasteiger partial charge on any atom is -0.491 e. The highest BCUT2D eigenvalue weighted by molar-refractivity contribution is 5.97. The van der Waals surface area contributed by atoms with Crippen LogP contribution in [0.5, 0.6) is 5.75 Å². The molecule has 1 fully saturated rings. The van der Waals surface area contributed by atoms with E-state index in [0.29, 0.717) is 30.2 Å². The zero-order valence-corrected chi connectivity index (χ0v) is 9.86. The topological polar surface area (TPSA) is 67.4 Å². The molecular formula is C13H14N2O3. The lowest BCUT2D eigenvalue weighted by molar-refractivity contribution is -0.117. The fourth-order valence-electron chi connectivity index (χ4n) is 1.89. The Hall–Kier alpha value is -2.04. The van der Waals surface area contributed by atoms with Crippen LogP contribution in [-0.4, -0.2) is 18.4 Å². The Balaban J connectivity index is 1.80. The second-order valence-corrected chi connectivity index (χ2v) is 4.62. The lowest BCUT2D eigenvalue weighted by Gasteiger charge is -2.10. The highest BCUT2D eigenvalue weighted by Crippen LogP contribution is 2.33. The molecule has 94 valence electrons. The molecule has 5 nitrogen and oxygen atoms in total. The molecule has 1 aliphatic heterocycles. The van der Waals surface area contributed by atoms with Crippen LogP contribution < -0.4 is 15.4 Å². The van der Waals surface area contributed by atoms with Gasteiger partial charge in [0.1, 0.15) is 5.75 Å². The molecule has 0 bridgehead atoms. The van der Waals surface area contributed by atoms with E-state index in [1.807, 2.05) is 0 Å². The zero-order valence-electron chi connectivity index (χ0n) is 9.86. The molecule has 0 aromatic heterocycles. The maximum absolute atomic E-state index is 11.6. The van der Waals surface area contributed by atoms with Crippen LogP contribution in [0.2, 0.25) is 0 Å². The van der Waals surface area contributed by atoms with Crippen LogP contribution in [0.4, 0.5) is 11.4 Å². The van der Waals surface area contributed by atoms with E-state index in [9.17, 15) is 9.59 Å². The number of fused-ring (bicyclic) bond motifs is 1. The number of rotatable bonds is 2. The van der Waals surface area contributed by atoms with Crippen LogP contribution in [-0.2, 0) is 9.59 Å². The first-order valence-corrected chi connectivity index (χ1v) is 6.10. The van der Waals surface area contributed by atoms with Gasteiger partial charge in [0.2, 0.25) is 11.8 Å². The van der Waals surface area contributed by atoms with Crippen LogP contribution in [0.15, 0.2) is 18.2 Å². The lowest BCUT2D eigenvalue weighted by Crippen LogP contribution is -2.14. The molecule has 1 heterocycles. The molecule has 2 N–H and O–H groups in total. The van der Waals surface area contributed by atoms with Gasteiger partial charge in [0, 0.05) is 11.6 Å². The first kappa shape index (κ1) is 11.1. The Morgan fingerprint density at radius 3 is 3.00 bits per heavy atom. The average Bonchev–Trinajstić information content (AvgIpc) is 3.14. The molecule has 1 aromatic carbocycles. The number of carbonyl (C=O) groups is 2. The van der Waals surface area contributed by atoms with E-state index in [1.165, 1.54) is 0 Å². The van der Waals surface area contributed by atoms with E-state index in [0.717, 1.165) is 12.8 Å². The van der Waals surface area contributed by atoms with Gasteiger partial charge in [-0.25, -0.2) is 0 Å². The summed E-state index contributed by atoms with van der Waals surface area (Å²) in [4.78, 5) is 23.1. The van der Waals surface area contributed by atoms with E-state index in [4.69, 9.17) is 4.74 Å². The van der Waals surface area contributed by atoms with Gasteiger partial charge >= 0.3 is 0 Å². The fraction of sp³-hybridized carbons (Fsp3) is 0.385. The van der Waals surface area contributed by atoms with E-state index in [2.05, 4.69) is 10.6 Å². The normalized spacial score (nSPS) is 18.1. The van der Waals surface area contributed by atoms with Gasteiger partial charge in [-0.2, -0.15) is 0 Å². The largest absolute Gasteiger partial charge is 0.491 e. The van der Waals surface area contributed by atoms with Crippen LogP contribution in [0.25, 0.3) is 0 Å². The summed E-state index contributed by atoms with van der Waals surface area (Å²) in [7, 11) is 0. The van der Waals surface area contributed by atoms with Gasteiger partial charge < -0.3 is 15.4 Å². The molecule has 2 amide bonds. The number of hydrogen-bond donors (Lipinski definition) is 2. The highest BCUT2D eigenvalue weighted by atomic mass is 16.5. The van der Waals surface area contributed by atoms with Crippen LogP contribution in [0.3, 0.4) is 0 Å². The summed E-state index contributed by atoms with van der Waals surface area (Å²) >= 11 is 0. The van der Waals surface area contributed by atoms with Crippen molar-refractivity contribution in [1.82, 2.24) is 0 Å². The van der Waals surface area contributed by atoms with Gasteiger partial charge in [-0.1, -0.05) is 0 Å². The van der Waals surface area contributed by atoms with Gasteiger partial charge in [0.05, 0.1) is 18.7 Å². The Morgan fingerprint density at radius 1 is 1.39 bits per heavy atom. The molecule has 0 unspecified atom stereocenters. The third kappa shape index (κ3) is 2.30. The number of carbonyl (C=O) groups excluding carboxylic acids is 2. The maximum atomic E-state index is 11.6. The van der Waals surface area contributed by atoms with Crippen molar-refractivity contribution in [1.29, 1.82) is 0 Å². The quantitative estimate of drug-likeness (QED) is 0.835. The molecule has 0 radical (unpaired) electrons. The van der Waals surface area contributed by atoms with Gasteiger partial charge in [0.15, 0.2) is 0 Å². The smallest absolute Gasteiger partial charge is 0.227 e. The first-order valence-electron chi connectivity index (χ1n) is 6.10. The molecule has 0 spiro atoms. The zero-order chi connectivity index (χ0) is 12.5. The molecule has 1 saturated carbocycles. The monoisotopic (exact) mass is 246 g/mol. The van der Waals surface area contributed by atoms with Crippen LogP contribution >= 0.6 is 0 Å². The Morgan fingerprint density at radius 2 is 2.22 bits per heavy atom. The Labute approximate surface area is 105 Å². The fourth-order valence-corrected chi connectivity index (χ4v) is 1.89. The van der Waals surface area contributed by atoms with Crippen molar-refractivity contribution >= 4 is 23.2 Å². The SMILES string of the molecule is O=C1CCOc2ccc(NC(=O)C3CC3)cc2N1. The minimum atomic E-state index is -0.0700. The summed E-state index contributed by atoms with van der Waals surface area (Å²) < 4.78 is 5.44. The number of benzene rings is 1. The van der Waals surface area contributed by atoms with Gasteiger partial charge in [-0.05, 0) is 31.0 Å². The van der Waals surface area contributed by atoms with Gasteiger partial charge in [-0.3, -0.25) is 9.59 Å². The summed E-state index contributed by atoms with van der Waals surface area (Å²) in [5.74, 6) is 0.787. The van der Waals surface area contributed by atoms with E-state index < -0.39 is 0 Å². The average molecular weight is 246 g/mol. The van der Waals surface area contributed by atoms with Crippen molar-refractivity contribution in [2.24, 2.45) is 5.92 Å². The maximum Gasteiger partial charge on any atom is 0.227 e. The third-order valence-corrected chi connectivity index (χ3v) is 3.06. The number of amides is 2. The number of ether oxygens (including phenoxy) is 1. The Bertz CT molecular complexity index is 509. The van der Waals surface area contributed by atoms with Crippen LogP contribution in [0, 0.1) is 5.92 Å².